The van der Waals surface area contributed by atoms with E-state index in [2.05, 4.69) is 0 Å². The maximum Gasteiger partial charge on any atom is 0.377 e. The van der Waals surface area contributed by atoms with Crippen LogP contribution in [0.3, 0.4) is 0 Å². The van der Waals surface area contributed by atoms with Crippen molar-refractivity contribution in [3.63, 3.8) is 0 Å². The Morgan fingerprint density at radius 3 is 2.29 bits per heavy atom. The van der Waals surface area contributed by atoms with Gasteiger partial charge in [0, 0.05) is 11.3 Å². The second kappa shape index (κ2) is 3.49. The Hall–Kier alpha value is -1.84. The minimum absolute atomic E-state index is 0.123. The summed E-state index contributed by atoms with van der Waals surface area (Å²) in [6.07, 6.45) is 0. The summed E-state index contributed by atoms with van der Waals surface area (Å²) in [5.74, 6) is -2.40. The lowest BCUT2D eigenvalue weighted by molar-refractivity contribution is -0.131. The molecule has 1 rings (SSSR count). The molecule has 1 aromatic rings. The highest BCUT2D eigenvalue weighted by atomic mass is 16.4. The van der Waals surface area contributed by atoms with Crippen LogP contribution in [0, 0.1) is 13.8 Å². The smallest absolute Gasteiger partial charge is 0.377 e. The molecular weight excluding hydrogens is 182 g/mol. The molecule has 4 nitrogen and oxygen atoms in total. The van der Waals surface area contributed by atoms with Crippen LogP contribution in [0.2, 0.25) is 0 Å². The van der Waals surface area contributed by atoms with Gasteiger partial charge in [0.15, 0.2) is 0 Å². The molecule has 0 unspecified atom stereocenters. The lowest BCUT2D eigenvalue weighted by Crippen LogP contribution is -2.13. The molecule has 0 heterocycles. The zero-order valence-corrected chi connectivity index (χ0v) is 8.00. The minimum atomic E-state index is -1.47. The van der Waals surface area contributed by atoms with Gasteiger partial charge >= 0.3 is 5.97 Å². The van der Waals surface area contributed by atoms with Gasteiger partial charge in [-0.05, 0) is 37.1 Å². The molecule has 74 valence electrons. The van der Waals surface area contributed by atoms with Crippen LogP contribution >= 0.6 is 0 Å². The highest BCUT2D eigenvalue weighted by Crippen LogP contribution is 2.18. The SMILES string of the molecule is Cc1cc(C(=O)C(=O)O)cc(N)c1C. The molecule has 0 radical (unpaired) electrons. The van der Waals surface area contributed by atoms with Crippen molar-refractivity contribution >= 4 is 17.4 Å². The molecule has 0 spiro atoms. The van der Waals surface area contributed by atoms with Gasteiger partial charge in [0.05, 0.1) is 0 Å². The molecular formula is C10H11NO3. The zero-order chi connectivity index (χ0) is 10.9. The van der Waals surface area contributed by atoms with Gasteiger partial charge in [-0.1, -0.05) is 0 Å². The standard InChI is InChI=1S/C10H11NO3/c1-5-3-7(9(12)10(13)14)4-8(11)6(5)2/h3-4H,11H2,1-2H3,(H,13,14). The van der Waals surface area contributed by atoms with Crippen LogP contribution < -0.4 is 5.73 Å². The number of carbonyl (C=O) groups excluding carboxylic acids is 1. The summed E-state index contributed by atoms with van der Waals surface area (Å²) < 4.78 is 0. The Labute approximate surface area is 81.3 Å². The lowest BCUT2D eigenvalue weighted by Gasteiger charge is -2.06. The van der Waals surface area contributed by atoms with Crippen LogP contribution in [0.15, 0.2) is 12.1 Å². The second-order valence-electron chi connectivity index (χ2n) is 3.14. The molecule has 0 amide bonds. The van der Waals surface area contributed by atoms with Crippen molar-refractivity contribution in [2.45, 2.75) is 13.8 Å². The number of carboxylic acid groups (broad SMARTS) is 1. The molecule has 0 aromatic heterocycles. The van der Waals surface area contributed by atoms with Gasteiger partial charge in [0.25, 0.3) is 5.78 Å². The van der Waals surface area contributed by atoms with E-state index in [9.17, 15) is 9.59 Å². The van der Waals surface area contributed by atoms with E-state index in [-0.39, 0.29) is 5.56 Å². The average Bonchev–Trinajstić information content (AvgIpc) is 2.12. The Morgan fingerprint density at radius 2 is 1.86 bits per heavy atom. The third-order valence-electron chi connectivity index (χ3n) is 2.16. The van der Waals surface area contributed by atoms with Gasteiger partial charge in [-0.2, -0.15) is 0 Å². The molecule has 0 atom stereocenters. The molecule has 3 N–H and O–H groups in total. The van der Waals surface area contributed by atoms with E-state index in [1.807, 2.05) is 6.92 Å². The van der Waals surface area contributed by atoms with Gasteiger partial charge in [0.2, 0.25) is 0 Å². The van der Waals surface area contributed by atoms with Gasteiger partial charge in [0.1, 0.15) is 0 Å². The number of nitrogens with two attached hydrogens (primary N) is 1. The van der Waals surface area contributed by atoms with Gasteiger partial charge in [-0.3, -0.25) is 4.79 Å². The molecule has 0 aliphatic rings. The van der Waals surface area contributed by atoms with E-state index < -0.39 is 11.8 Å². The number of carboxylic acids is 1. The minimum Gasteiger partial charge on any atom is -0.475 e. The summed E-state index contributed by atoms with van der Waals surface area (Å²) in [5, 5.41) is 8.50. The Balaban J connectivity index is 3.26. The van der Waals surface area contributed by atoms with E-state index in [0.717, 1.165) is 11.1 Å². The van der Waals surface area contributed by atoms with Crippen molar-refractivity contribution in [1.29, 1.82) is 0 Å². The summed E-state index contributed by atoms with van der Waals surface area (Å²) in [4.78, 5) is 21.5. The topological polar surface area (TPSA) is 80.4 Å². The summed E-state index contributed by atoms with van der Waals surface area (Å²) in [6, 6.07) is 2.92. The number of hydrogen-bond acceptors (Lipinski definition) is 3. The number of carbonyl (C=O) groups is 2. The number of Topliss-reactive ketones (excluding diaryl/α,β-unsaturated/α-hetero) is 1. The fraction of sp³-hybridized carbons (Fsp3) is 0.200. The first-order valence-corrected chi connectivity index (χ1v) is 4.08. The van der Waals surface area contributed by atoms with E-state index >= 15 is 0 Å². The van der Waals surface area contributed by atoms with E-state index in [1.54, 1.807) is 6.92 Å². The summed E-state index contributed by atoms with van der Waals surface area (Å²) in [5.41, 5.74) is 7.86. The number of hydrogen-bond donors (Lipinski definition) is 2. The summed E-state index contributed by atoms with van der Waals surface area (Å²) >= 11 is 0. The van der Waals surface area contributed by atoms with Gasteiger partial charge in [-0.25, -0.2) is 4.79 Å². The van der Waals surface area contributed by atoms with Crippen LogP contribution in [0.25, 0.3) is 0 Å². The number of rotatable bonds is 2. The van der Waals surface area contributed by atoms with Crippen molar-refractivity contribution < 1.29 is 14.7 Å². The van der Waals surface area contributed by atoms with E-state index in [0.29, 0.717) is 5.69 Å². The molecule has 0 saturated carbocycles. The average molecular weight is 193 g/mol. The summed E-state index contributed by atoms with van der Waals surface area (Å²) in [7, 11) is 0. The number of anilines is 1. The molecule has 1 aromatic carbocycles. The molecule has 0 fully saturated rings. The maximum absolute atomic E-state index is 11.1. The number of aliphatic carboxylic acids is 1. The Morgan fingerprint density at radius 1 is 1.29 bits per heavy atom. The fourth-order valence-corrected chi connectivity index (χ4v) is 1.14. The zero-order valence-electron chi connectivity index (χ0n) is 8.00. The van der Waals surface area contributed by atoms with Crippen molar-refractivity contribution in [2.75, 3.05) is 5.73 Å². The predicted octanol–water partition coefficient (Wildman–Crippen LogP) is 1.15. The first kappa shape index (κ1) is 10.2. The normalized spacial score (nSPS) is 9.86. The first-order chi connectivity index (χ1) is 6.43. The van der Waals surface area contributed by atoms with Gasteiger partial charge < -0.3 is 10.8 Å². The van der Waals surface area contributed by atoms with Crippen LogP contribution in [0.4, 0.5) is 5.69 Å². The highest BCUT2D eigenvalue weighted by molar-refractivity contribution is 6.40. The molecule has 4 heteroatoms. The number of benzene rings is 1. The first-order valence-electron chi connectivity index (χ1n) is 4.08. The second-order valence-corrected chi connectivity index (χ2v) is 3.14. The van der Waals surface area contributed by atoms with Crippen LogP contribution in [-0.4, -0.2) is 16.9 Å². The predicted molar refractivity (Wildman–Crippen MR) is 52.3 cm³/mol. The Bertz CT molecular complexity index is 387. The largest absolute Gasteiger partial charge is 0.475 e. The number of nitrogen functional groups attached to an aromatic ring is 1. The lowest BCUT2D eigenvalue weighted by atomic mass is 10.0. The van der Waals surface area contributed by atoms with Gasteiger partial charge in [-0.15, -0.1) is 0 Å². The molecule has 0 aliphatic carbocycles. The molecule has 14 heavy (non-hydrogen) atoms. The van der Waals surface area contributed by atoms with E-state index in [4.69, 9.17) is 10.8 Å². The molecule has 0 aliphatic heterocycles. The van der Waals surface area contributed by atoms with E-state index in [1.165, 1.54) is 12.1 Å². The quantitative estimate of drug-likeness (QED) is 0.419. The van der Waals surface area contributed by atoms with Crippen molar-refractivity contribution in [3.8, 4) is 0 Å². The highest BCUT2D eigenvalue weighted by Gasteiger charge is 2.15. The van der Waals surface area contributed by atoms with Crippen molar-refractivity contribution in [2.24, 2.45) is 0 Å². The molecule has 0 saturated heterocycles. The van der Waals surface area contributed by atoms with Crippen molar-refractivity contribution in [3.05, 3.63) is 28.8 Å². The monoisotopic (exact) mass is 193 g/mol. The third-order valence-corrected chi connectivity index (χ3v) is 2.16. The van der Waals surface area contributed by atoms with Crippen molar-refractivity contribution in [1.82, 2.24) is 0 Å². The van der Waals surface area contributed by atoms with Crippen LogP contribution in [-0.2, 0) is 4.79 Å². The number of ketones is 1. The third kappa shape index (κ3) is 1.74. The summed E-state index contributed by atoms with van der Waals surface area (Å²) in [6.45, 7) is 3.60. The Kier molecular flexibility index (Phi) is 2.56. The number of aryl methyl sites for hydroxylation is 1. The van der Waals surface area contributed by atoms with Crippen LogP contribution in [0.5, 0.6) is 0 Å². The molecule has 0 bridgehead atoms. The maximum atomic E-state index is 11.1. The van der Waals surface area contributed by atoms with Crippen LogP contribution in [0.1, 0.15) is 21.5 Å². The fourth-order valence-electron chi connectivity index (χ4n) is 1.14.